The number of likely N-dealkylation sites (tertiary alicyclic amines) is 1. The van der Waals surface area contributed by atoms with Crippen molar-refractivity contribution in [3.8, 4) is 0 Å². The summed E-state index contributed by atoms with van der Waals surface area (Å²) in [5, 5.41) is 8.08. The van der Waals surface area contributed by atoms with Gasteiger partial charge in [-0.05, 0) is 51.1 Å². The molecule has 0 bridgehead atoms. The molecule has 0 aliphatic carbocycles. The van der Waals surface area contributed by atoms with E-state index in [2.05, 4.69) is 10.2 Å². The van der Waals surface area contributed by atoms with E-state index < -0.39 is 10.0 Å². The van der Waals surface area contributed by atoms with E-state index in [4.69, 9.17) is 5.14 Å². The zero-order valence-electron chi connectivity index (χ0n) is 12.3. The number of carbonyl (C=O) groups is 1. The van der Waals surface area contributed by atoms with Gasteiger partial charge in [0.05, 0.1) is 4.90 Å². The number of nitrogens with zero attached hydrogens (tertiary/aromatic N) is 1. The molecule has 0 radical (unpaired) electrons. The molecule has 116 valence electrons. The Morgan fingerprint density at radius 1 is 1.43 bits per heavy atom. The average molecular weight is 311 g/mol. The average Bonchev–Trinajstić information content (AvgIpc) is 2.37. The molecule has 1 amide bonds. The van der Waals surface area contributed by atoms with Gasteiger partial charge in [0.25, 0.3) is 5.91 Å². The number of sulfonamides is 1. The summed E-state index contributed by atoms with van der Waals surface area (Å²) < 4.78 is 22.8. The van der Waals surface area contributed by atoms with Crippen LogP contribution in [0.4, 0.5) is 0 Å². The molecule has 0 aromatic heterocycles. The van der Waals surface area contributed by atoms with Crippen LogP contribution in [0.25, 0.3) is 0 Å². The molecular weight excluding hydrogens is 290 g/mol. The van der Waals surface area contributed by atoms with Crippen molar-refractivity contribution in [3.05, 3.63) is 29.3 Å². The summed E-state index contributed by atoms with van der Waals surface area (Å²) in [6.07, 6.45) is 1.97. The lowest BCUT2D eigenvalue weighted by Crippen LogP contribution is -2.46. The molecule has 0 unspecified atom stereocenters. The largest absolute Gasteiger partial charge is 0.348 e. The predicted molar refractivity (Wildman–Crippen MR) is 80.5 cm³/mol. The topological polar surface area (TPSA) is 92.5 Å². The van der Waals surface area contributed by atoms with E-state index in [9.17, 15) is 13.2 Å². The predicted octanol–water partition coefficient (Wildman–Crippen LogP) is 0.466. The lowest BCUT2D eigenvalue weighted by molar-refractivity contribution is 0.0911. The van der Waals surface area contributed by atoms with Gasteiger partial charge in [-0.1, -0.05) is 6.07 Å². The maximum absolute atomic E-state index is 12.4. The van der Waals surface area contributed by atoms with Crippen molar-refractivity contribution in [1.82, 2.24) is 10.2 Å². The second-order valence-corrected chi connectivity index (χ2v) is 7.16. The summed E-state index contributed by atoms with van der Waals surface area (Å²) >= 11 is 0. The van der Waals surface area contributed by atoms with Crippen LogP contribution in [0.1, 0.15) is 28.8 Å². The summed E-state index contributed by atoms with van der Waals surface area (Å²) in [4.78, 5) is 14.5. The number of hydrogen-bond acceptors (Lipinski definition) is 4. The maximum Gasteiger partial charge on any atom is 0.251 e. The first-order valence-corrected chi connectivity index (χ1v) is 8.45. The number of primary sulfonamides is 1. The van der Waals surface area contributed by atoms with Gasteiger partial charge in [-0.2, -0.15) is 0 Å². The summed E-state index contributed by atoms with van der Waals surface area (Å²) in [5.41, 5.74) is 1.08. The third kappa shape index (κ3) is 4.03. The number of nitrogens with one attached hydrogen (secondary N) is 1. The van der Waals surface area contributed by atoms with Crippen molar-refractivity contribution >= 4 is 15.9 Å². The molecule has 1 aromatic rings. The Balaban J connectivity index is 2.18. The van der Waals surface area contributed by atoms with Crippen molar-refractivity contribution in [1.29, 1.82) is 0 Å². The highest BCUT2D eigenvalue weighted by Crippen LogP contribution is 2.16. The second kappa shape index (κ2) is 6.13. The van der Waals surface area contributed by atoms with Gasteiger partial charge >= 0.3 is 0 Å². The van der Waals surface area contributed by atoms with Gasteiger partial charge in [-0.25, -0.2) is 13.6 Å². The molecule has 2 rings (SSSR count). The molecule has 1 aliphatic rings. The fraction of sp³-hybridized carbons (Fsp3) is 0.500. The van der Waals surface area contributed by atoms with Gasteiger partial charge in [0.2, 0.25) is 10.0 Å². The Morgan fingerprint density at radius 2 is 2.14 bits per heavy atom. The number of hydrogen-bond donors (Lipinski definition) is 2. The van der Waals surface area contributed by atoms with Crippen LogP contribution in [0.2, 0.25) is 0 Å². The van der Waals surface area contributed by atoms with E-state index in [-0.39, 0.29) is 16.8 Å². The number of nitrogens with two attached hydrogens (primary N) is 1. The first kappa shape index (κ1) is 15.9. The van der Waals surface area contributed by atoms with Gasteiger partial charge in [0, 0.05) is 18.2 Å². The first-order chi connectivity index (χ1) is 9.77. The van der Waals surface area contributed by atoms with Crippen LogP contribution in [0.5, 0.6) is 0 Å². The van der Waals surface area contributed by atoms with Crippen molar-refractivity contribution in [2.75, 3.05) is 20.1 Å². The van der Waals surface area contributed by atoms with Crippen LogP contribution < -0.4 is 10.5 Å². The quantitative estimate of drug-likeness (QED) is 0.848. The fourth-order valence-electron chi connectivity index (χ4n) is 2.57. The zero-order valence-corrected chi connectivity index (χ0v) is 13.1. The minimum Gasteiger partial charge on any atom is -0.348 e. The van der Waals surface area contributed by atoms with E-state index in [1.54, 1.807) is 13.0 Å². The molecular formula is C14H21N3O3S. The van der Waals surface area contributed by atoms with Crippen LogP contribution >= 0.6 is 0 Å². The third-order valence-corrected chi connectivity index (χ3v) is 4.65. The Hall–Kier alpha value is -1.44. The minimum absolute atomic E-state index is 0.0426. The maximum atomic E-state index is 12.4. The summed E-state index contributed by atoms with van der Waals surface area (Å²) in [5.74, 6) is -0.252. The van der Waals surface area contributed by atoms with Gasteiger partial charge in [0.1, 0.15) is 0 Å². The molecule has 0 spiro atoms. The minimum atomic E-state index is -3.81. The van der Waals surface area contributed by atoms with Crippen LogP contribution in [0.3, 0.4) is 0 Å². The monoisotopic (exact) mass is 311 g/mol. The molecule has 1 atom stereocenters. The van der Waals surface area contributed by atoms with Crippen LogP contribution in [0, 0.1) is 6.92 Å². The molecule has 1 saturated heterocycles. The summed E-state index contributed by atoms with van der Waals surface area (Å²) in [6.45, 7) is 3.61. The molecule has 1 fully saturated rings. The molecule has 1 aromatic carbocycles. The Kier molecular flexibility index (Phi) is 4.65. The van der Waals surface area contributed by atoms with E-state index in [0.29, 0.717) is 5.56 Å². The normalized spacial score (nSPS) is 20.2. The van der Waals surface area contributed by atoms with Gasteiger partial charge in [-0.15, -0.1) is 0 Å². The van der Waals surface area contributed by atoms with Crippen LogP contribution in [-0.4, -0.2) is 45.4 Å². The Bertz CT molecular complexity index is 643. The first-order valence-electron chi connectivity index (χ1n) is 6.90. The van der Waals surface area contributed by atoms with Gasteiger partial charge in [0.15, 0.2) is 0 Å². The molecule has 7 heteroatoms. The SMILES string of the molecule is Cc1ccc(S(N)(=O)=O)cc1C(=O)N[C@@H]1CCCN(C)C1. The van der Waals surface area contributed by atoms with Crippen molar-refractivity contribution in [2.45, 2.75) is 30.7 Å². The highest BCUT2D eigenvalue weighted by atomic mass is 32.2. The van der Waals surface area contributed by atoms with Gasteiger partial charge in [-0.3, -0.25) is 4.79 Å². The molecule has 0 saturated carbocycles. The third-order valence-electron chi connectivity index (χ3n) is 3.74. The molecule has 21 heavy (non-hydrogen) atoms. The highest BCUT2D eigenvalue weighted by molar-refractivity contribution is 7.89. The Morgan fingerprint density at radius 3 is 2.76 bits per heavy atom. The van der Waals surface area contributed by atoms with E-state index in [0.717, 1.165) is 31.5 Å². The highest BCUT2D eigenvalue weighted by Gasteiger charge is 2.21. The van der Waals surface area contributed by atoms with Crippen molar-refractivity contribution in [2.24, 2.45) is 5.14 Å². The number of piperidine rings is 1. The van der Waals surface area contributed by atoms with Crippen molar-refractivity contribution in [3.63, 3.8) is 0 Å². The van der Waals surface area contributed by atoms with Gasteiger partial charge < -0.3 is 10.2 Å². The van der Waals surface area contributed by atoms with Crippen molar-refractivity contribution < 1.29 is 13.2 Å². The molecule has 3 N–H and O–H groups in total. The number of carbonyl (C=O) groups excluding carboxylic acids is 1. The lowest BCUT2D eigenvalue weighted by atomic mass is 10.0. The smallest absolute Gasteiger partial charge is 0.251 e. The molecule has 1 aliphatic heterocycles. The Labute approximate surface area is 125 Å². The number of likely N-dealkylation sites (N-methyl/N-ethyl adjacent to an activating group) is 1. The van der Waals surface area contributed by atoms with E-state index in [1.165, 1.54) is 12.1 Å². The lowest BCUT2D eigenvalue weighted by Gasteiger charge is -2.30. The summed E-state index contributed by atoms with van der Waals surface area (Å²) in [7, 11) is -1.79. The molecule has 1 heterocycles. The number of rotatable bonds is 3. The van der Waals surface area contributed by atoms with Crippen LogP contribution in [-0.2, 0) is 10.0 Å². The number of amides is 1. The van der Waals surface area contributed by atoms with Crippen LogP contribution in [0.15, 0.2) is 23.1 Å². The second-order valence-electron chi connectivity index (χ2n) is 5.60. The molecule has 6 nitrogen and oxygen atoms in total. The standard InChI is InChI=1S/C14H21N3O3S/c1-10-5-6-12(21(15,19)20)8-13(10)14(18)16-11-4-3-7-17(2)9-11/h5-6,8,11H,3-4,7,9H2,1-2H3,(H,16,18)(H2,15,19,20)/t11-/m1/s1. The number of benzene rings is 1. The number of aryl methyl sites for hydroxylation is 1. The fourth-order valence-corrected chi connectivity index (χ4v) is 3.11. The zero-order chi connectivity index (χ0) is 15.6. The summed E-state index contributed by atoms with van der Waals surface area (Å²) in [6, 6.07) is 4.44. The van der Waals surface area contributed by atoms with E-state index in [1.807, 2.05) is 7.05 Å². The van der Waals surface area contributed by atoms with E-state index >= 15 is 0 Å².